The molecule has 1 aromatic rings. The van der Waals surface area contributed by atoms with E-state index in [0.717, 1.165) is 23.3 Å². The van der Waals surface area contributed by atoms with Gasteiger partial charge in [0.1, 0.15) is 0 Å². The second-order valence-electron chi connectivity index (χ2n) is 4.06. The Morgan fingerprint density at radius 3 is 3.06 bits per heavy atom. The first-order chi connectivity index (χ1) is 7.72. The normalized spacial score (nSPS) is 21.2. The van der Waals surface area contributed by atoms with Gasteiger partial charge in [-0.3, -0.25) is 0 Å². The number of rotatable bonds is 2. The molecule has 1 unspecified atom stereocenters. The van der Waals surface area contributed by atoms with E-state index in [1.165, 1.54) is 5.56 Å². The predicted molar refractivity (Wildman–Crippen MR) is 67.9 cm³/mol. The minimum atomic E-state index is 0.0627. The largest absolute Gasteiger partial charge is 0.394 e. The number of hydrogen-bond donors (Lipinski definition) is 1. The number of morpholine rings is 1. The lowest BCUT2D eigenvalue weighted by molar-refractivity contribution is 0.0726. The molecule has 16 heavy (non-hydrogen) atoms. The number of hydrogen-bond acceptors (Lipinski definition) is 3. The second-order valence-corrected chi connectivity index (χ2v) is 4.91. The Bertz CT molecular complexity index is 370. The van der Waals surface area contributed by atoms with Gasteiger partial charge in [-0.15, -0.1) is 0 Å². The van der Waals surface area contributed by atoms with Crippen LogP contribution in [-0.4, -0.2) is 37.5 Å². The molecule has 2 rings (SSSR count). The molecular weight excluding hydrogens is 270 g/mol. The van der Waals surface area contributed by atoms with Crippen LogP contribution >= 0.6 is 15.9 Å². The van der Waals surface area contributed by atoms with Gasteiger partial charge < -0.3 is 14.7 Å². The molecule has 0 bridgehead atoms. The lowest BCUT2D eigenvalue weighted by Gasteiger charge is -2.37. The van der Waals surface area contributed by atoms with Gasteiger partial charge in [-0.25, -0.2) is 0 Å². The Morgan fingerprint density at radius 2 is 2.38 bits per heavy atom. The number of anilines is 1. The summed E-state index contributed by atoms with van der Waals surface area (Å²) in [4.78, 5) is 2.20. The van der Waals surface area contributed by atoms with Gasteiger partial charge in [0.25, 0.3) is 0 Å². The number of benzene rings is 1. The number of nitrogens with zero attached hydrogens (tertiary/aromatic N) is 1. The summed E-state index contributed by atoms with van der Waals surface area (Å²) in [6.45, 7) is 4.33. The first kappa shape index (κ1) is 11.9. The van der Waals surface area contributed by atoms with Crippen molar-refractivity contribution in [1.29, 1.82) is 0 Å². The average molecular weight is 286 g/mol. The Labute approximate surface area is 104 Å². The van der Waals surface area contributed by atoms with Gasteiger partial charge >= 0.3 is 0 Å². The van der Waals surface area contributed by atoms with E-state index in [4.69, 9.17) is 4.74 Å². The number of halogens is 1. The molecule has 1 aromatic carbocycles. The third-order valence-electron chi connectivity index (χ3n) is 2.85. The zero-order valence-electron chi connectivity index (χ0n) is 9.32. The van der Waals surface area contributed by atoms with Crippen molar-refractivity contribution in [3.8, 4) is 0 Å². The lowest BCUT2D eigenvalue weighted by atomic mass is 10.1. The fourth-order valence-electron chi connectivity index (χ4n) is 1.97. The summed E-state index contributed by atoms with van der Waals surface area (Å²) in [6, 6.07) is 6.34. The highest BCUT2D eigenvalue weighted by Gasteiger charge is 2.23. The average Bonchev–Trinajstić information content (AvgIpc) is 2.29. The van der Waals surface area contributed by atoms with Gasteiger partial charge in [-0.05, 0) is 40.5 Å². The van der Waals surface area contributed by atoms with Crippen LogP contribution in [0.5, 0.6) is 0 Å². The molecule has 3 nitrogen and oxygen atoms in total. The van der Waals surface area contributed by atoms with Crippen LogP contribution in [0.3, 0.4) is 0 Å². The highest BCUT2D eigenvalue weighted by Crippen LogP contribution is 2.29. The van der Waals surface area contributed by atoms with E-state index in [1.54, 1.807) is 0 Å². The summed E-state index contributed by atoms with van der Waals surface area (Å²) >= 11 is 3.58. The number of aliphatic hydroxyl groups is 1. The predicted octanol–water partition coefficient (Wildman–Crippen LogP) is 1.96. The Morgan fingerprint density at radius 1 is 1.56 bits per heavy atom. The van der Waals surface area contributed by atoms with Crippen molar-refractivity contribution in [2.75, 3.05) is 31.3 Å². The molecule has 4 heteroatoms. The van der Waals surface area contributed by atoms with E-state index in [0.29, 0.717) is 6.61 Å². The maximum absolute atomic E-state index is 9.33. The van der Waals surface area contributed by atoms with E-state index >= 15 is 0 Å². The third kappa shape index (κ3) is 2.39. The fraction of sp³-hybridized carbons (Fsp3) is 0.500. The fourth-order valence-corrected chi connectivity index (χ4v) is 2.69. The van der Waals surface area contributed by atoms with E-state index in [-0.39, 0.29) is 12.6 Å². The highest BCUT2D eigenvalue weighted by molar-refractivity contribution is 9.10. The first-order valence-electron chi connectivity index (χ1n) is 5.44. The van der Waals surface area contributed by atoms with Crippen LogP contribution in [0.1, 0.15) is 5.56 Å². The quantitative estimate of drug-likeness (QED) is 0.902. The van der Waals surface area contributed by atoms with Crippen molar-refractivity contribution < 1.29 is 9.84 Å². The molecule has 88 valence electrons. The van der Waals surface area contributed by atoms with Crippen LogP contribution in [0, 0.1) is 6.92 Å². The molecule has 1 aliphatic rings. The van der Waals surface area contributed by atoms with Crippen LogP contribution < -0.4 is 4.90 Å². The number of ether oxygens (including phenoxy) is 1. The monoisotopic (exact) mass is 285 g/mol. The van der Waals surface area contributed by atoms with Crippen LogP contribution in [0.25, 0.3) is 0 Å². The third-order valence-corrected chi connectivity index (χ3v) is 3.49. The molecule has 1 fully saturated rings. The molecule has 0 aliphatic carbocycles. The molecule has 1 saturated heterocycles. The van der Waals surface area contributed by atoms with Crippen LogP contribution in [0.2, 0.25) is 0 Å². The van der Waals surface area contributed by atoms with Crippen molar-refractivity contribution in [3.63, 3.8) is 0 Å². The van der Waals surface area contributed by atoms with Crippen molar-refractivity contribution in [2.45, 2.75) is 13.0 Å². The molecule has 1 atom stereocenters. The lowest BCUT2D eigenvalue weighted by Crippen LogP contribution is -2.47. The summed E-state index contributed by atoms with van der Waals surface area (Å²) in [7, 11) is 0. The minimum Gasteiger partial charge on any atom is -0.394 e. The second kappa shape index (κ2) is 5.17. The van der Waals surface area contributed by atoms with Gasteiger partial charge in [0, 0.05) is 11.0 Å². The SMILES string of the molecule is Cc1ccc(N2CCOCC2CO)c(Br)c1. The zero-order chi connectivity index (χ0) is 11.5. The van der Waals surface area contributed by atoms with Crippen molar-refractivity contribution in [1.82, 2.24) is 0 Å². The summed E-state index contributed by atoms with van der Waals surface area (Å²) in [5.74, 6) is 0. The molecule has 0 saturated carbocycles. The minimum absolute atomic E-state index is 0.0627. The van der Waals surface area contributed by atoms with E-state index in [9.17, 15) is 5.11 Å². The van der Waals surface area contributed by atoms with Crippen molar-refractivity contribution in [2.24, 2.45) is 0 Å². The summed E-state index contributed by atoms with van der Waals surface area (Å²) in [5, 5.41) is 9.33. The van der Waals surface area contributed by atoms with Gasteiger partial charge in [0.2, 0.25) is 0 Å². The smallest absolute Gasteiger partial charge is 0.0755 e. The van der Waals surface area contributed by atoms with Gasteiger partial charge in [-0.1, -0.05) is 6.07 Å². The number of aliphatic hydroxyl groups excluding tert-OH is 1. The van der Waals surface area contributed by atoms with Crippen molar-refractivity contribution >= 4 is 21.6 Å². The molecular formula is C12H16BrNO2. The topological polar surface area (TPSA) is 32.7 Å². The standard InChI is InChI=1S/C12H16BrNO2/c1-9-2-3-12(11(13)6-9)14-4-5-16-8-10(14)7-15/h2-3,6,10,15H,4-5,7-8H2,1H3. The summed E-state index contributed by atoms with van der Waals surface area (Å²) < 4.78 is 6.45. The summed E-state index contributed by atoms with van der Waals surface area (Å²) in [6.07, 6.45) is 0. The van der Waals surface area contributed by atoms with E-state index < -0.39 is 0 Å². The maximum Gasteiger partial charge on any atom is 0.0755 e. The maximum atomic E-state index is 9.33. The molecule has 0 amide bonds. The van der Waals surface area contributed by atoms with Crippen LogP contribution in [-0.2, 0) is 4.74 Å². The van der Waals surface area contributed by atoms with Gasteiger partial charge in [0.05, 0.1) is 31.5 Å². The first-order valence-corrected chi connectivity index (χ1v) is 6.23. The number of aryl methyl sites for hydroxylation is 1. The van der Waals surface area contributed by atoms with Crippen LogP contribution in [0.15, 0.2) is 22.7 Å². The molecule has 0 aromatic heterocycles. The Hall–Kier alpha value is -0.580. The molecule has 1 heterocycles. The van der Waals surface area contributed by atoms with Gasteiger partial charge in [0.15, 0.2) is 0 Å². The molecule has 0 spiro atoms. The summed E-state index contributed by atoms with van der Waals surface area (Å²) in [5.41, 5.74) is 2.36. The van der Waals surface area contributed by atoms with Crippen molar-refractivity contribution in [3.05, 3.63) is 28.2 Å². The molecule has 1 N–H and O–H groups in total. The van der Waals surface area contributed by atoms with E-state index in [2.05, 4.69) is 46.0 Å². The Kier molecular flexibility index (Phi) is 3.84. The van der Waals surface area contributed by atoms with Gasteiger partial charge in [-0.2, -0.15) is 0 Å². The zero-order valence-corrected chi connectivity index (χ0v) is 10.9. The van der Waals surface area contributed by atoms with Crippen LogP contribution in [0.4, 0.5) is 5.69 Å². The highest BCUT2D eigenvalue weighted by atomic mass is 79.9. The van der Waals surface area contributed by atoms with E-state index in [1.807, 2.05) is 0 Å². The Balaban J connectivity index is 2.27. The molecule has 1 aliphatic heterocycles. The molecule has 0 radical (unpaired) electrons.